The number of hydrogen-bond donors (Lipinski definition) is 1. The van der Waals surface area contributed by atoms with E-state index in [-0.39, 0.29) is 0 Å². The molecule has 5 rings (SSSR count). The highest BCUT2D eigenvalue weighted by molar-refractivity contribution is 7.87. The zero-order valence-corrected chi connectivity index (χ0v) is 16.1. The van der Waals surface area contributed by atoms with Crippen molar-refractivity contribution in [3.8, 4) is 0 Å². The molecule has 2 aliphatic heterocycles. The molecule has 3 fully saturated rings. The fraction of sp³-hybridized carbons (Fsp3) is 0.706. The van der Waals surface area contributed by atoms with Gasteiger partial charge in [-0.2, -0.15) is 17.2 Å². The van der Waals surface area contributed by atoms with Crippen LogP contribution in [0.5, 0.6) is 0 Å². The number of hydrogen-bond acceptors (Lipinski definition) is 6. The Labute approximate surface area is 158 Å². The predicted molar refractivity (Wildman–Crippen MR) is 101 cm³/mol. The van der Waals surface area contributed by atoms with Crippen LogP contribution in [0.15, 0.2) is 12.1 Å². The molecule has 4 heterocycles. The van der Waals surface area contributed by atoms with Crippen LogP contribution in [-0.2, 0) is 10.2 Å². The van der Waals surface area contributed by atoms with E-state index in [4.69, 9.17) is 5.10 Å². The molecule has 1 aliphatic carbocycles. The topological polar surface area (TPSA) is 95.7 Å². The number of rotatable bonds is 6. The fourth-order valence-electron chi connectivity index (χ4n) is 4.01. The molecule has 146 valence electrons. The van der Waals surface area contributed by atoms with Crippen molar-refractivity contribution in [3.05, 3.63) is 18.0 Å². The molecule has 9 nitrogen and oxygen atoms in total. The van der Waals surface area contributed by atoms with Gasteiger partial charge in [0.05, 0.1) is 0 Å². The Morgan fingerprint density at radius 2 is 1.85 bits per heavy atom. The van der Waals surface area contributed by atoms with Crippen molar-refractivity contribution in [2.24, 2.45) is 5.92 Å². The number of nitrogens with one attached hydrogen (secondary N) is 1. The van der Waals surface area contributed by atoms with Crippen LogP contribution in [0, 0.1) is 5.92 Å². The Balaban J connectivity index is 1.20. The maximum Gasteiger partial charge on any atom is 0.279 e. The summed E-state index contributed by atoms with van der Waals surface area (Å²) < 4.78 is 30.7. The molecule has 0 aromatic carbocycles. The molecule has 1 N–H and O–H groups in total. The van der Waals surface area contributed by atoms with Gasteiger partial charge in [-0.05, 0) is 37.8 Å². The minimum Gasteiger partial charge on any atom is -0.354 e. The highest BCUT2D eigenvalue weighted by Crippen LogP contribution is 2.35. The molecular weight excluding hydrogens is 366 g/mol. The first-order valence-corrected chi connectivity index (χ1v) is 11.3. The van der Waals surface area contributed by atoms with Gasteiger partial charge in [0.25, 0.3) is 10.2 Å². The van der Waals surface area contributed by atoms with Gasteiger partial charge in [-0.25, -0.2) is 4.72 Å². The average molecular weight is 392 g/mol. The zero-order valence-electron chi connectivity index (χ0n) is 15.3. The van der Waals surface area contributed by atoms with E-state index in [1.807, 2.05) is 16.6 Å². The third-order valence-corrected chi connectivity index (χ3v) is 7.56. The second kappa shape index (κ2) is 6.68. The summed E-state index contributed by atoms with van der Waals surface area (Å²) in [5.74, 6) is 2.66. The van der Waals surface area contributed by atoms with Gasteiger partial charge in [0, 0.05) is 44.6 Å². The molecule has 2 aromatic heterocycles. The van der Waals surface area contributed by atoms with Gasteiger partial charge in [-0.1, -0.05) is 6.42 Å². The van der Waals surface area contributed by atoms with Crippen molar-refractivity contribution in [2.75, 3.05) is 37.6 Å². The van der Waals surface area contributed by atoms with Gasteiger partial charge in [-0.15, -0.1) is 15.3 Å². The first-order valence-electron chi connectivity index (χ1n) is 9.82. The Morgan fingerprint density at radius 3 is 2.56 bits per heavy atom. The van der Waals surface area contributed by atoms with Crippen LogP contribution in [0.3, 0.4) is 0 Å². The number of anilines is 1. The Morgan fingerprint density at radius 1 is 1.07 bits per heavy atom. The van der Waals surface area contributed by atoms with Crippen molar-refractivity contribution < 1.29 is 8.42 Å². The molecule has 1 saturated carbocycles. The summed E-state index contributed by atoms with van der Waals surface area (Å²) in [6.45, 7) is 3.37. The Kier molecular flexibility index (Phi) is 4.29. The molecule has 10 heteroatoms. The molecule has 0 amide bonds. The second-order valence-corrected chi connectivity index (χ2v) is 9.63. The standard InChI is InChI=1S/C17H25N7O2S/c25-27(26,23-8-1-2-9-23)18-10-13-11-22(12-13)16-7-6-15-19-20-17(24(15)21-16)14-4-3-5-14/h6-7,13-14,18H,1-5,8-12H2. The Hall–Kier alpha value is -1.78. The molecular formula is C17H25N7O2S. The molecule has 3 aliphatic rings. The third kappa shape index (κ3) is 3.19. The first-order chi connectivity index (χ1) is 13.1. The maximum atomic E-state index is 12.3. The monoisotopic (exact) mass is 391 g/mol. The van der Waals surface area contributed by atoms with Crippen LogP contribution in [0.1, 0.15) is 43.8 Å². The Bertz CT molecular complexity index is 928. The minimum absolute atomic E-state index is 0.312. The van der Waals surface area contributed by atoms with Crippen molar-refractivity contribution >= 4 is 21.7 Å². The number of fused-ring (bicyclic) bond motifs is 1. The van der Waals surface area contributed by atoms with Gasteiger partial charge in [-0.3, -0.25) is 0 Å². The van der Waals surface area contributed by atoms with Crippen LogP contribution >= 0.6 is 0 Å². The highest BCUT2D eigenvalue weighted by Gasteiger charge is 2.32. The lowest BCUT2D eigenvalue weighted by molar-refractivity contribution is 0.386. The maximum absolute atomic E-state index is 12.3. The summed E-state index contributed by atoms with van der Waals surface area (Å²) >= 11 is 0. The van der Waals surface area contributed by atoms with Gasteiger partial charge >= 0.3 is 0 Å². The summed E-state index contributed by atoms with van der Waals surface area (Å²) in [4.78, 5) is 2.18. The van der Waals surface area contributed by atoms with Crippen LogP contribution in [0.4, 0.5) is 5.82 Å². The van der Waals surface area contributed by atoms with E-state index in [0.29, 0.717) is 31.5 Å². The van der Waals surface area contributed by atoms with Crippen molar-refractivity contribution in [3.63, 3.8) is 0 Å². The smallest absolute Gasteiger partial charge is 0.279 e. The highest BCUT2D eigenvalue weighted by atomic mass is 32.2. The van der Waals surface area contributed by atoms with Crippen molar-refractivity contribution in [1.82, 2.24) is 28.8 Å². The summed E-state index contributed by atoms with van der Waals surface area (Å²) in [5, 5.41) is 13.3. The third-order valence-electron chi connectivity index (χ3n) is 5.98. The minimum atomic E-state index is -3.32. The largest absolute Gasteiger partial charge is 0.354 e. The molecule has 0 atom stereocenters. The van der Waals surface area contributed by atoms with Gasteiger partial charge in [0.2, 0.25) is 0 Å². The average Bonchev–Trinajstić information content (AvgIpc) is 3.22. The molecule has 0 spiro atoms. The zero-order chi connectivity index (χ0) is 18.4. The predicted octanol–water partition coefficient (Wildman–Crippen LogP) is 0.758. The summed E-state index contributed by atoms with van der Waals surface area (Å²) in [6, 6.07) is 3.93. The molecule has 0 unspecified atom stereocenters. The van der Waals surface area contributed by atoms with Crippen LogP contribution in [0.2, 0.25) is 0 Å². The van der Waals surface area contributed by atoms with Gasteiger partial charge in [0.15, 0.2) is 11.5 Å². The molecule has 0 radical (unpaired) electrons. The lowest BCUT2D eigenvalue weighted by atomic mass is 9.85. The normalized spacial score (nSPS) is 22.3. The van der Waals surface area contributed by atoms with E-state index in [9.17, 15) is 8.42 Å². The van der Waals surface area contributed by atoms with E-state index >= 15 is 0 Å². The van der Waals surface area contributed by atoms with Crippen LogP contribution in [0.25, 0.3) is 5.65 Å². The quantitative estimate of drug-likeness (QED) is 0.781. The summed E-state index contributed by atoms with van der Waals surface area (Å²) in [7, 11) is -3.32. The lowest BCUT2D eigenvalue weighted by Gasteiger charge is -2.40. The van der Waals surface area contributed by atoms with Gasteiger partial charge < -0.3 is 4.90 Å². The van der Waals surface area contributed by atoms with Crippen molar-refractivity contribution in [2.45, 2.75) is 38.0 Å². The molecule has 0 bridgehead atoms. The SMILES string of the molecule is O=S(=O)(NCC1CN(c2ccc3nnc(C4CCC4)n3n2)C1)N1CCCC1. The number of nitrogens with zero attached hydrogens (tertiary/aromatic N) is 6. The first kappa shape index (κ1) is 17.3. The summed E-state index contributed by atoms with van der Waals surface area (Å²) in [5.41, 5.74) is 0.788. The molecule has 27 heavy (non-hydrogen) atoms. The lowest BCUT2D eigenvalue weighted by Crippen LogP contribution is -2.53. The van der Waals surface area contributed by atoms with E-state index in [0.717, 1.165) is 56.1 Å². The fourth-order valence-corrected chi connectivity index (χ4v) is 5.38. The number of aromatic nitrogens is 4. The van der Waals surface area contributed by atoms with E-state index in [1.54, 1.807) is 4.31 Å². The van der Waals surface area contributed by atoms with Gasteiger partial charge in [0.1, 0.15) is 5.82 Å². The second-order valence-electron chi connectivity index (χ2n) is 7.88. The van der Waals surface area contributed by atoms with Crippen molar-refractivity contribution in [1.29, 1.82) is 0 Å². The van der Waals surface area contributed by atoms with E-state index in [1.165, 1.54) is 6.42 Å². The van der Waals surface area contributed by atoms with E-state index in [2.05, 4.69) is 19.8 Å². The van der Waals surface area contributed by atoms with Crippen LogP contribution < -0.4 is 9.62 Å². The molecule has 2 saturated heterocycles. The molecule has 2 aromatic rings. The summed E-state index contributed by atoms with van der Waals surface area (Å²) in [6.07, 6.45) is 5.49. The van der Waals surface area contributed by atoms with E-state index < -0.39 is 10.2 Å². The van der Waals surface area contributed by atoms with Crippen LogP contribution in [-0.4, -0.2) is 65.3 Å².